The maximum absolute atomic E-state index is 12.4. The molecule has 1 fully saturated rings. The lowest BCUT2D eigenvalue weighted by Crippen LogP contribution is -2.28. The van der Waals surface area contributed by atoms with Crippen molar-refractivity contribution in [1.82, 2.24) is 0 Å². The van der Waals surface area contributed by atoms with E-state index in [4.69, 9.17) is 4.74 Å². The Bertz CT molecular complexity index is 843. The van der Waals surface area contributed by atoms with Gasteiger partial charge in [0.05, 0.1) is 11.5 Å². The Morgan fingerprint density at radius 2 is 1.96 bits per heavy atom. The van der Waals surface area contributed by atoms with Crippen LogP contribution in [-0.4, -0.2) is 24.7 Å². The molecule has 1 amide bonds. The highest BCUT2D eigenvalue weighted by molar-refractivity contribution is 6.00. The molecule has 1 heterocycles. The van der Waals surface area contributed by atoms with Crippen molar-refractivity contribution in [2.24, 2.45) is 5.92 Å². The molecule has 2 aromatic carbocycles. The summed E-state index contributed by atoms with van der Waals surface area (Å²) in [5, 5.41) is 0. The summed E-state index contributed by atoms with van der Waals surface area (Å²) in [6.07, 6.45) is 0.750. The zero-order valence-electron chi connectivity index (χ0n) is 14.2. The maximum Gasteiger partial charge on any atom is 0.316 e. The SMILES string of the molecule is Cc1ccc(N2C[C@@H](C(=O)Oc3ccccc3C=O)CC2=O)c(C)c1. The second-order valence-corrected chi connectivity index (χ2v) is 6.27. The summed E-state index contributed by atoms with van der Waals surface area (Å²) in [6.45, 7) is 4.22. The Balaban J connectivity index is 1.75. The number of aryl methyl sites for hydroxylation is 2. The molecule has 2 aromatic rings. The van der Waals surface area contributed by atoms with Crippen molar-refractivity contribution in [2.45, 2.75) is 20.3 Å². The van der Waals surface area contributed by atoms with Crippen LogP contribution in [0.1, 0.15) is 27.9 Å². The molecule has 1 atom stereocenters. The molecule has 0 radical (unpaired) electrons. The summed E-state index contributed by atoms with van der Waals surface area (Å²) in [6, 6.07) is 12.4. The average Bonchev–Trinajstić information content (AvgIpc) is 2.97. The molecule has 1 saturated heterocycles. The Morgan fingerprint density at radius 1 is 1.20 bits per heavy atom. The van der Waals surface area contributed by atoms with E-state index in [0.29, 0.717) is 11.8 Å². The molecule has 0 saturated carbocycles. The van der Waals surface area contributed by atoms with Gasteiger partial charge >= 0.3 is 5.97 Å². The van der Waals surface area contributed by atoms with Crippen LogP contribution >= 0.6 is 0 Å². The van der Waals surface area contributed by atoms with Gasteiger partial charge in [0.15, 0.2) is 6.29 Å². The number of para-hydroxylation sites is 1. The molecule has 0 bridgehead atoms. The first-order valence-electron chi connectivity index (χ1n) is 8.13. The molecule has 5 heteroatoms. The second kappa shape index (κ2) is 6.89. The normalized spacial score (nSPS) is 16.8. The van der Waals surface area contributed by atoms with Crippen LogP contribution in [0.4, 0.5) is 5.69 Å². The molecule has 25 heavy (non-hydrogen) atoms. The fraction of sp³-hybridized carbons (Fsp3) is 0.250. The molecule has 0 spiro atoms. The molecular weight excluding hydrogens is 318 g/mol. The number of amides is 1. The van der Waals surface area contributed by atoms with Crippen LogP contribution in [0.5, 0.6) is 5.75 Å². The van der Waals surface area contributed by atoms with Gasteiger partial charge in [0, 0.05) is 18.7 Å². The Hall–Kier alpha value is -2.95. The second-order valence-electron chi connectivity index (χ2n) is 6.27. The third-order valence-electron chi connectivity index (χ3n) is 4.36. The van der Waals surface area contributed by atoms with Gasteiger partial charge in [-0.05, 0) is 37.6 Å². The van der Waals surface area contributed by atoms with Crippen molar-refractivity contribution in [2.75, 3.05) is 11.4 Å². The van der Waals surface area contributed by atoms with Gasteiger partial charge in [-0.3, -0.25) is 14.4 Å². The van der Waals surface area contributed by atoms with Crippen molar-refractivity contribution in [3.8, 4) is 5.75 Å². The molecular formula is C20H19NO4. The van der Waals surface area contributed by atoms with Gasteiger partial charge in [0.25, 0.3) is 0 Å². The molecule has 1 aliphatic rings. The number of ether oxygens (including phenoxy) is 1. The summed E-state index contributed by atoms with van der Waals surface area (Å²) >= 11 is 0. The molecule has 128 valence electrons. The van der Waals surface area contributed by atoms with E-state index in [2.05, 4.69) is 0 Å². The molecule has 3 rings (SSSR count). The lowest BCUT2D eigenvalue weighted by atomic mass is 10.1. The Labute approximate surface area is 146 Å². The van der Waals surface area contributed by atoms with Crippen LogP contribution in [0.2, 0.25) is 0 Å². The van der Waals surface area contributed by atoms with E-state index in [1.54, 1.807) is 29.2 Å². The fourth-order valence-corrected chi connectivity index (χ4v) is 3.07. The number of nitrogens with zero attached hydrogens (tertiary/aromatic N) is 1. The highest BCUT2D eigenvalue weighted by atomic mass is 16.5. The van der Waals surface area contributed by atoms with Crippen LogP contribution in [-0.2, 0) is 9.59 Å². The Morgan fingerprint density at radius 3 is 2.68 bits per heavy atom. The first-order chi connectivity index (χ1) is 12.0. The number of benzene rings is 2. The van der Waals surface area contributed by atoms with Crippen LogP contribution in [0.25, 0.3) is 0 Å². The summed E-state index contributed by atoms with van der Waals surface area (Å²) in [5.41, 5.74) is 3.24. The predicted octanol–water partition coefficient (Wildman–Crippen LogP) is 3.07. The first-order valence-corrected chi connectivity index (χ1v) is 8.13. The Kier molecular flexibility index (Phi) is 4.65. The quantitative estimate of drug-likeness (QED) is 0.489. The van der Waals surface area contributed by atoms with E-state index in [0.717, 1.165) is 16.8 Å². The van der Waals surface area contributed by atoms with Gasteiger partial charge < -0.3 is 9.64 Å². The molecule has 1 aliphatic heterocycles. The standard InChI is InChI=1S/C20H19NO4/c1-13-7-8-17(14(2)9-13)21-11-16(10-19(21)23)20(24)25-18-6-4-3-5-15(18)12-22/h3-9,12,16H,10-11H2,1-2H3/t16-/m0/s1. The lowest BCUT2D eigenvalue weighted by Gasteiger charge is -2.19. The van der Waals surface area contributed by atoms with Gasteiger partial charge in [0.2, 0.25) is 5.91 Å². The number of carbonyl (C=O) groups is 3. The molecule has 0 aromatic heterocycles. The minimum Gasteiger partial charge on any atom is -0.425 e. The smallest absolute Gasteiger partial charge is 0.316 e. The fourth-order valence-electron chi connectivity index (χ4n) is 3.07. The number of aldehydes is 1. The number of hydrogen-bond donors (Lipinski definition) is 0. The van der Waals surface area contributed by atoms with Gasteiger partial charge in [0.1, 0.15) is 5.75 Å². The number of hydrogen-bond acceptors (Lipinski definition) is 4. The minimum atomic E-state index is -0.548. The van der Waals surface area contributed by atoms with Crippen LogP contribution in [0.3, 0.4) is 0 Å². The van der Waals surface area contributed by atoms with Gasteiger partial charge in [-0.25, -0.2) is 0 Å². The van der Waals surface area contributed by atoms with E-state index < -0.39 is 11.9 Å². The summed E-state index contributed by atoms with van der Waals surface area (Å²) in [5.74, 6) is -0.916. The summed E-state index contributed by atoms with van der Waals surface area (Å²) in [4.78, 5) is 37.5. The van der Waals surface area contributed by atoms with E-state index in [9.17, 15) is 14.4 Å². The number of carbonyl (C=O) groups excluding carboxylic acids is 3. The van der Waals surface area contributed by atoms with E-state index in [1.807, 2.05) is 32.0 Å². The number of rotatable bonds is 4. The van der Waals surface area contributed by atoms with Crippen molar-refractivity contribution in [3.63, 3.8) is 0 Å². The van der Waals surface area contributed by atoms with Crippen molar-refractivity contribution in [3.05, 3.63) is 59.2 Å². The van der Waals surface area contributed by atoms with Gasteiger partial charge in [-0.1, -0.05) is 29.8 Å². The number of anilines is 1. The average molecular weight is 337 g/mol. The third kappa shape index (κ3) is 3.45. The molecule has 0 aliphatic carbocycles. The topological polar surface area (TPSA) is 63.7 Å². The van der Waals surface area contributed by atoms with E-state index in [-0.39, 0.29) is 24.6 Å². The third-order valence-corrected chi connectivity index (χ3v) is 4.36. The summed E-state index contributed by atoms with van der Waals surface area (Å²) in [7, 11) is 0. The molecule has 0 unspecified atom stereocenters. The van der Waals surface area contributed by atoms with Crippen LogP contribution < -0.4 is 9.64 Å². The van der Waals surface area contributed by atoms with E-state index in [1.165, 1.54) is 0 Å². The first kappa shape index (κ1) is 16.9. The van der Waals surface area contributed by atoms with Crippen LogP contribution in [0, 0.1) is 19.8 Å². The largest absolute Gasteiger partial charge is 0.425 e. The van der Waals surface area contributed by atoms with Gasteiger partial charge in [-0.15, -0.1) is 0 Å². The van der Waals surface area contributed by atoms with Crippen molar-refractivity contribution in [1.29, 1.82) is 0 Å². The highest BCUT2D eigenvalue weighted by Crippen LogP contribution is 2.29. The zero-order valence-corrected chi connectivity index (χ0v) is 14.2. The lowest BCUT2D eigenvalue weighted by molar-refractivity contribution is -0.139. The zero-order chi connectivity index (χ0) is 18.0. The minimum absolute atomic E-state index is 0.0995. The summed E-state index contributed by atoms with van der Waals surface area (Å²) < 4.78 is 5.35. The van der Waals surface area contributed by atoms with E-state index >= 15 is 0 Å². The predicted molar refractivity (Wildman–Crippen MR) is 93.8 cm³/mol. The van der Waals surface area contributed by atoms with Gasteiger partial charge in [-0.2, -0.15) is 0 Å². The maximum atomic E-state index is 12.4. The number of esters is 1. The van der Waals surface area contributed by atoms with Crippen LogP contribution in [0.15, 0.2) is 42.5 Å². The van der Waals surface area contributed by atoms with Crippen molar-refractivity contribution >= 4 is 23.9 Å². The monoisotopic (exact) mass is 337 g/mol. The van der Waals surface area contributed by atoms with Crippen molar-refractivity contribution < 1.29 is 19.1 Å². The molecule has 0 N–H and O–H groups in total. The molecule has 5 nitrogen and oxygen atoms in total. The highest BCUT2D eigenvalue weighted by Gasteiger charge is 2.37.